The summed E-state index contributed by atoms with van der Waals surface area (Å²) < 4.78 is 6.15. The Morgan fingerprint density at radius 1 is 1.18 bits per heavy atom. The summed E-state index contributed by atoms with van der Waals surface area (Å²) in [6.07, 6.45) is 13.3. The van der Waals surface area contributed by atoms with Crippen LogP contribution in [0.2, 0.25) is 0 Å². The quantitative estimate of drug-likeness (QED) is 0.574. The van der Waals surface area contributed by atoms with Crippen molar-refractivity contribution in [2.75, 3.05) is 0 Å². The molecule has 3 rings (SSSR count). The van der Waals surface area contributed by atoms with E-state index in [0.717, 1.165) is 31.2 Å². The molecule has 0 aliphatic carbocycles. The number of hydrogen-bond acceptors (Lipinski definition) is 3. The van der Waals surface area contributed by atoms with Gasteiger partial charge in [-0.2, -0.15) is 0 Å². The first-order valence-corrected chi connectivity index (χ1v) is 10.5. The fraction of sp³-hybridized carbons (Fsp3) is 0.542. The maximum atomic E-state index is 10.6. The van der Waals surface area contributed by atoms with Crippen LogP contribution in [-0.2, 0) is 9.53 Å². The highest BCUT2D eigenvalue weighted by molar-refractivity contribution is 5.66. The van der Waals surface area contributed by atoms with Gasteiger partial charge in [0.25, 0.3) is 0 Å². The summed E-state index contributed by atoms with van der Waals surface area (Å²) in [4.78, 5) is 10.6. The highest BCUT2D eigenvalue weighted by Gasteiger charge is 2.47. The molecule has 2 heterocycles. The Hall–Kier alpha value is -1.91. The zero-order valence-corrected chi connectivity index (χ0v) is 16.6. The molecule has 2 N–H and O–H groups in total. The van der Waals surface area contributed by atoms with E-state index in [1.807, 2.05) is 30.4 Å². The molecule has 0 saturated carbocycles. The Morgan fingerprint density at radius 3 is 2.64 bits per heavy atom. The molecule has 0 spiro atoms. The zero-order valence-electron chi connectivity index (χ0n) is 16.6. The van der Waals surface area contributed by atoms with Gasteiger partial charge in [-0.25, -0.2) is 0 Å². The monoisotopic (exact) mass is 384 g/mol. The largest absolute Gasteiger partial charge is 0.481 e. The van der Waals surface area contributed by atoms with E-state index < -0.39 is 12.1 Å². The molecule has 4 nitrogen and oxygen atoms in total. The lowest BCUT2D eigenvalue weighted by atomic mass is 9.76. The van der Waals surface area contributed by atoms with Crippen molar-refractivity contribution in [2.24, 2.45) is 11.8 Å². The number of aliphatic hydroxyl groups is 1. The van der Waals surface area contributed by atoms with E-state index >= 15 is 0 Å². The van der Waals surface area contributed by atoms with Crippen LogP contribution in [0.15, 0.2) is 54.6 Å². The normalized spacial score (nSPS) is 28.9. The Kier molecular flexibility index (Phi) is 7.46. The second-order valence-corrected chi connectivity index (χ2v) is 8.09. The van der Waals surface area contributed by atoms with Gasteiger partial charge in [-0.3, -0.25) is 4.79 Å². The van der Waals surface area contributed by atoms with Crippen LogP contribution in [0.25, 0.3) is 0 Å². The van der Waals surface area contributed by atoms with Crippen LogP contribution in [0.3, 0.4) is 0 Å². The van der Waals surface area contributed by atoms with Crippen molar-refractivity contribution in [3.05, 3.63) is 60.2 Å². The van der Waals surface area contributed by atoms with Crippen LogP contribution in [0.4, 0.5) is 0 Å². The van der Waals surface area contributed by atoms with Crippen LogP contribution in [-0.4, -0.2) is 34.5 Å². The molecule has 4 heteroatoms. The zero-order chi connectivity index (χ0) is 19.9. The Labute approximate surface area is 167 Å². The molecule has 1 aromatic rings. The third-order valence-corrected chi connectivity index (χ3v) is 6.21. The van der Waals surface area contributed by atoms with E-state index in [4.69, 9.17) is 9.84 Å². The molecule has 2 saturated heterocycles. The maximum absolute atomic E-state index is 10.6. The Morgan fingerprint density at radius 2 is 1.89 bits per heavy atom. The van der Waals surface area contributed by atoms with Gasteiger partial charge in [0.2, 0.25) is 0 Å². The van der Waals surface area contributed by atoms with Gasteiger partial charge in [0.05, 0.1) is 18.3 Å². The van der Waals surface area contributed by atoms with Crippen LogP contribution in [0.1, 0.15) is 56.9 Å². The van der Waals surface area contributed by atoms with E-state index in [0.29, 0.717) is 24.4 Å². The molecule has 0 aromatic heterocycles. The average Bonchev–Trinajstić information content (AvgIpc) is 3.30. The van der Waals surface area contributed by atoms with Gasteiger partial charge in [0.1, 0.15) is 0 Å². The third-order valence-electron chi connectivity index (χ3n) is 6.21. The second kappa shape index (κ2) is 10.0. The van der Waals surface area contributed by atoms with Gasteiger partial charge in [-0.15, -0.1) is 0 Å². The van der Waals surface area contributed by atoms with E-state index in [9.17, 15) is 9.90 Å². The lowest BCUT2D eigenvalue weighted by molar-refractivity contribution is -0.136. The number of fused-ring (bicyclic) bond motifs is 2. The van der Waals surface area contributed by atoms with Crippen molar-refractivity contribution < 1.29 is 19.7 Å². The minimum atomic E-state index is -0.750. The maximum Gasteiger partial charge on any atom is 0.303 e. The molecule has 2 fully saturated rings. The first-order chi connectivity index (χ1) is 13.6. The molecular formula is C24H32O4. The van der Waals surface area contributed by atoms with Gasteiger partial charge in [0.15, 0.2) is 0 Å². The number of aliphatic carboxylic acids is 1. The van der Waals surface area contributed by atoms with Gasteiger partial charge >= 0.3 is 5.97 Å². The molecule has 6 atom stereocenters. The summed E-state index contributed by atoms with van der Waals surface area (Å²) >= 11 is 0. The van der Waals surface area contributed by atoms with E-state index in [2.05, 4.69) is 31.2 Å². The summed E-state index contributed by atoms with van der Waals surface area (Å²) in [7, 11) is 0. The highest BCUT2D eigenvalue weighted by atomic mass is 16.5. The SMILES string of the molecule is C[C@@H](c1ccccc1)[C@H](O)/C=C/[C@@H]1C2CCC(O2)[C@@H]1CC/C=C/CCC(=O)O. The molecule has 2 aliphatic rings. The minimum absolute atomic E-state index is 0.0626. The number of allylic oxidation sites excluding steroid dienone is 2. The summed E-state index contributed by atoms with van der Waals surface area (Å²) in [5.41, 5.74) is 1.15. The fourth-order valence-electron chi connectivity index (χ4n) is 4.55. The highest BCUT2D eigenvalue weighted by Crippen LogP contribution is 2.46. The van der Waals surface area contributed by atoms with E-state index in [1.54, 1.807) is 0 Å². The molecule has 2 bridgehead atoms. The second-order valence-electron chi connectivity index (χ2n) is 8.09. The van der Waals surface area contributed by atoms with Gasteiger partial charge < -0.3 is 14.9 Å². The van der Waals surface area contributed by atoms with Gasteiger partial charge in [-0.1, -0.05) is 61.6 Å². The fourth-order valence-corrected chi connectivity index (χ4v) is 4.55. The van der Waals surface area contributed by atoms with Gasteiger partial charge in [0, 0.05) is 18.3 Å². The minimum Gasteiger partial charge on any atom is -0.481 e. The number of aliphatic hydroxyl groups excluding tert-OH is 1. The summed E-state index contributed by atoms with van der Waals surface area (Å²) in [6, 6.07) is 10.1. The molecule has 2 aliphatic heterocycles. The number of rotatable bonds is 10. The van der Waals surface area contributed by atoms with Crippen molar-refractivity contribution in [2.45, 2.75) is 69.7 Å². The molecule has 2 unspecified atom stereocenters. The summed E-state index contributed by atoms with van der Waals surface area (Å²) in [6.45, 7) is 2.06. The topological polar surface area (TPSA) is 66.8 Å². The number of carboxylic acid groups (broad SMARTS) is 1. The summed E-state index contributed by atoms with van der Waals surface area (Å²) in [5.74, 6) is 0.161. The van der Waals surface area contributed by atoms with E-state index in [1.165, 1.54) is 0 Å². The standard InChI is InChI=1S/C24H32O4/c1-17(18-9-5-4-6-10-18)21(25)14-13-20-19(22-15-16-23(20)28-22)11-7-2-3-8-12-24(26)27/h2-6,9-10,13-14,17,19-23,25H,7-8,11-12,15-16H2,1H3,(H,26,27)/b3-2+,14-13+/t17-,19+,20-,21+,22?,23?/m0/s1. The Bertz CT molecular complexity index is 681. The third kappa shape index (κ3) is 5.33. The number of ether oxygens (including phenoxy) is 1. The van der Waals surface area contributed by atoms with Crippen molar-refractivity contribution in [1.29, 1.82) is 0 Å². The summed E-state index contributed by atoms with van der Waals surface area (Å²) in [5, 5.41) is 19.3. The van der Waals surface area contributed by atoms with Crippen molar-refractivity contribution in [3.63, 3.8) is 0 Å². The Balaban J connectivity index is 1.54. The lowest BCUT2D eigenvalue weighted by Gasteiger charge is -2.26. The van der Waals surface area contributed by atoms with Crippen molar-refractivity contribution in [1.82, 2.24) is 0 Å². The number of carbonyl (C=O) groups is 1. The van der Waals surface area contributed by atoms with Crippen molar-refractivity contribution >= 4 is 5.97 Å². The van der Waals surface area contributed by atoms with Crippen LogP contribution in [0.5, 0.6) is 0 Å². The predicted octanol–water partition coefficient (Wildman–Crippen LogP) is 4.70. The number of carboxylic acids is 1. The van der Waals surface area contributed by atoms with Crippen molar-refractivity contribution in [3.8, 4) is 0 Å². The number of benzene rings is 1. The van der Waals surface area contributed by atoms with Gasteiger partial charge in [-0.05, 0) is 43.6 Å². The molecule has 1 aromatic carbocycles. The molecule has 0 radical (unpaired) electrons. The average molecular weight is 385 g/mol. The predicted molar refractivity (Wildman–Crippen MR) is 110 cm³/mol. The van der Waals surface area contributed by atoms with Crippen LogP contribution in [0, 0.1) is 11.8 Å². The van der Waals surface area contributed by atoms with Crippen LogP contribution < -0.4 is 0 Å². The first-order valence-electron chi connectivity index (χ1n) is 10.5. The van der Waals surface area contributed by atoms with E-state index in [-0.39, 0.29) is 18.4 Å². The molecule has 28 heavy (non-hydrogen) atoms. The molecule has 0 amide bonds. The lowest BCUT2D eigenvalue weighted by Crippen LogP contribution is -2.26. The first kappa shape index (κ1) is 20.8. The molecule has 152 valence electrons. The number of hydrogen-bond donors (Lipinski definition) is 2. The molecular weight excluding hydrogens is 352 g/mol. The smallest absolute Gasteiger partial charge is 0.303 e. The van der Waals surface area contributed by atoms with Crippen LogP contribution >= 0.6 is 0 Å².